The summed E-state index contributed by atoms with van der Waals surface area (Å²) >= 11 is 0. The molecule has 0 aromatic rings. The normalized spacial score (nSPS) is 43.5. The number of allylic oxidation sites excluding steroid dienone is 7. The zero-order valence-corrected chi connectivity index (χ0v) is 16.6. The third-order valence-electron chi connectivity index (χ3n) is 7.55. The Hall–Kier alpha value is -1.04. The van der Waals surface area contributed by atoms with Crippen LogP contribution in [-0.2, 0) is 0 Å². The summed E-state index contributed by atoms with van der Waals surface area (Å²) in [6.45, 7) is 10.6. The molecule has 0 nitrogen and oxygen atoms in total. The molecule has 4 bridgehead atoms. The summed E-state index contributed by atoms with van der Waals surface area (Å²) < 4.78 is 0. The van der Waals surface area contributed by atoms with Gasteiger partial charge in [0, 0.05) is 0 Å². The van der Waals surface area contributed by atoms with Crippen molar-refractivity contribution in [3.63, 3.8) is 0 Å². The highest BCUT2D eigenvalue weighted by molar-refractivity contribution is 5.21. The topological polar surface area (TPSA) is 0 Å². The number of hydrogen-bond acceptors (Lipinski definition) is 0. The molecule has 0 heteroatoms. The van der Waals surface area contributed by atoms with Crippen LogP contribution in [0, 0.1) is 47.3 Å². The fourth-order valence-electron chi connectivity index (χ4n) is 5.64. The van der Waals surface area contributed by atoms with Gasteiger partial charge in [0.2, 0.25) is 0 Å². The number of unbranched alkanes of at least 4 members (excludes halogenated alkanes) is 2. The van der Waals surface area contributed by atoms with Crippen LogP contribution in [0.4, 0.5) is 0 Å². The van der Waals surface area contributed by atoms with Crippen molar-refractivity contribution in [1.82, 2.24) is 0 Å². The van der Waals surface area contributed by atoms with E-state index in [0.29, 0.717) is 0 Å². The Morgan fingerprint density at radius 2 is 1.48 bits per heavy atom. The molecular weight excluding hydrogens is 300 g/mol. The third kappa shape index (κ3) is 4.04. The van der Waals surface area contributed by atoms with Crippen molar-refractivity contribution in [3.05, 3.63) is 49.1 Å². The highest BCUT2D eigenvalue weighted by Crippen LogP contribution is 2.52. The highest BCUT2D eigenvalue weighted by Gasteiger charge is 2.44. The highest BCUT2D eigenvalue weighted by atomic mass is 14.5. The standard InChI is InChI=1S/C10H12.C9H14.C6H12/c1-2-9-7-4-5-8(6-7)10(9)3-1;1-6-7(2)9-4-3-8(6)5-9;1-3-5-6-4-2/h1-2,4-5,7-10H,3,6H2;3-4,6-9H,5H2,1-2H3;3H,1,4-6H2,2H3. The lowest BCUT2D eigenvalue weighted by atomic mass is 9.86. The van der Waals surface area contributed by atoms with Crippen LogP contribution < -0.4 is 0 Å². The molecule has 138 valence electrons. The van der Waals surface area contributed by atoms with Crippen LogP contribution >= 0.6 is 0 Å². The summed E-state index contributed by atoms with van der Waals surface area (Å²) in [5, 5.41) is 0. The van der Waals surface area contributed by atoms with Gasteiger partial charge in [-0.2, -0.15) is 0 Å². The van der Waals surface area contributed by atoms with Gasteiger partial charge in [0.25, 0.3) is 0 Å². The Kier molecular flexibility index (Phi) is 6.42. The van der Waals surface area contributed by atoms with E-state index in [1.807, 2.05) is 6.08 Å². The Balaban J connectivity index is 0.000000114. The second-order valence-electron chi connectivity index (χ2n) is 8.95. The van der Waals surface area contributed by atoms with E-state index in [2.05, 4.69) is 63.8 Å². The molecule has 2 fully saturated rings. The molecule has 0 heterocycles. The van der Waals surface area contributed by atoms with Crippen molar-refractivity contribution in [2.75, 3.05) is 0 Å². The van der Waals surface area contributed by atoms with Crippen molar-refractivity contribution >= 4 is 0 Å². The van der Waals surface area contributed by atoms with E-state index in [1.54, 1.807) is 0 Å². The molecule has 8 atom stereocenters. The minimum atomic E-state index is 0.925. The van der Waals surface area contributed by atoms with E-state index in [9.17, 15) is 0 Å². The zero-order chi connectivity index (χ0) is 17.8. The van der Waals surface area contributed by atoms with Crippen LogP contribution in [0.1, 0.15) is 59.3 Å². The van der Waals surface area contributed by atoms with Gasteiger partial charge in [0.15, 0.2) is 0 Å². The third-order valence-corrected chi connectivity index (χ3v) is 7.55. The molecule has 2 saturated carbocycles. The molecule has 0 amide bonds. The van der Waals surface area contributed by atoms with Crippen LogP contribution in [0.3, 0.4) is 0 Å². The lowest BCUT2D eigenvalue weighted by Gasteiger charge is -2.19. The van der Waals surface area contributed by atoms with Crippen molar-refractivity contribution < 1.29 is 0 Å². The second-order valence-corrected chi connectivity index (χ2v) is 8.95. The van der Waals surface area contributed by atoms with Crippen LogP contribution in [0.5, 0.6) is 0 Å². The molecule has 5 rings (SSSR count). The predicted octanol–water partition coefficient (Wildman–Crippen LogP) is 7.21. The van der Waals surface area contributed by atoms with Gasteiger partial charge in [-0.3, -0.25) is 0 Å². The smallest absolute Gasteiger partial charge is 0.0133 e. The van der Waals surface area contributed by atoms with E-state index in [4.69, 9.17) is 0 Å². The van der Waals surface area contributed by atoms with Gasteiger partial charge in [-0.05, 0) is 73.0 Å². The molecule has 25 heavy (non-hydrogen) atoms. The van der Waals surface area contributed by atoms with Crippen molar-refractivity contribution in [3.8, 4) is 0 Å². The molecule has 0 saturated heterocycles. The summed E-state index contributed by atoms with van der Waals surface area (Å²) in [4.78, 5) is 0. The quantitative estimate of drug-likeness (QED) is 0.376. The first-order chi connectivity index (χ1) is 12.2. The SMILES string of the molecule is C1=CC2C3C=CC(C3)C2C1.C=CCCCC.CC1C2C=CC(C2)C1C. The fraction of sp³-hybridized carbons (Fsp3) is 0.680. The lowest BCUT2D eigenvalue weighted by Crippen LogP contribution is -2.12. The molecule has 0 radical (unpaired) electrons. The minimum absolute atomic E-state index is 0.925. The first-order valence-corrected chi connectivity index (χ1v) is 10.8. The summed E-state index contributed by atoms with van der Waals surface area (Å²) in [6.07, 6.45) is 24.5. The number of rotatable bonds is 3. The Labute approximate surface area is 156 Å². The van der Waals surface area contributed by atoms with Gasteiger partial charge in [-0.1, -0.05) is 76.1 Å². The van der Waals surface area contributed by atoms with Crippen molar-refractivity contribution in [2.24, 2.45) is 47.3 Å². The Morgan fingerprint density at radius 1 is 0.880 bits per heavy atom. The summed E-state index contributed by atoms with van der Waals surface area (Å²) in [6, 6.07) is 0. The maximum absolute atomic E-state index is 3.60. The predicted molar refractivity (Wildman–Crippen MR) is 110 cm³/mol. The van der Waals surface area contributed by atoms with Gasteiger partial charge >= 0.3 is 0 Å². The van der Waals surface area contributed by atoms with Gasteiger partial charge in [0.1, 0.15) is 0 Å². The van der Waals surface area contributed by atoms with E-state index in [-0.39, 0.29) is 0 Å². The van der Waals surface area contributed by atoms with Gasteiger partial charge < -0.3 is 0 Å². The molecule has 8 unspecified atom stereocenters. The Morgan fingerprint density at radius 3 is 1.96 bits per heavy atom. The lowest BCUT2D eigenvalue weighted by molar-refractivity contribution is 0.364. The van der Waals surface area contributed by atoms with E-state index in [1.165, 1.54) is 38.5 Å². The van der Waals surface area contributed by atoms with Crippen molar-refractivity contribution in [2.45, 2.75) is 59.3 Å². The molecule has 5 aliphatic rings. The summed E-state index contributed by atoms with van der Waals surface area (Å²) in [7, 11) is 0. The summed E-state index contributed by atoms with van der Waals surface area (Å²) in [5.41, 5.74) is 0. The minimum Gasteiger partial charge on any atom is -0.103 e. The maximum Gasteiger partial charge on any atom is -0.0133 e. The molecule has 5 aliphatic carbocycles. The molecule has 0 N–H and O–H groups in total. The van der Waals surface area contributed by atoms with Crippen LogP contribution in [0.15, 0.2) is 49.1 Å². The molecule has 0 aromatic heterocycles. The zero-order valence-electron chi connectivity index (χ0n) is 16.6. The Bertz CT molecular complexity index is 506. The number of fused-ring (bicyclic) bond motifs is 7. The molecule has 0 aliphatic heterocycles. The first kappa shape index (κ1) is 18.7. The maximum atomic E-state index is 3.60. The van der Waals surface area contributed by atoms with Gasteiger partial charge in [-0.25, -0.2) is 0 Å². The molecule has 0 spiro atoms. The average Bonchev–Trinajstić information content (AvgIpc) is 3.41. The van der Waals surface area contributed by atoms with Crippen LogP contribution in [-0.4, -0.2) is 0 Å². The van der Waals surface area contributed by atoms with Crippen LogP contribution in [0.25, 0.3) is 0 Å². The monoisotopic (exact) mass is 338 g/mol. The van der Waals surface area contributed by atoms with E-state index >= 15 is 0 Å². The van der Waals surface area contributed by atoms with E-state index < -0.39 is 0 Å². The number of hydrogen-bond donors (Lipinski definition) is 0. The molecule has 0 aromatic carbocycles. The average molecular weight is 339 g/mol. The van der Waals surface area contributed by atoms with E-state index in [0.717, 1.165) is 47.3 Å². The molecular formula is C25H38. The van der Waals surface area contributed by atoms with Gasteiger partial charge in [-0.15, -0.1) is 6.58 Å². The summed E-state index contributed by atoms with van der Waals surface area (Å²) in [5.74, 6) is 7.61. The first-order valence-electron chi connectivity index (χ1n) is 10.8. The second kappa shape index (κ2) is 8.56. The van der Waals surface area contributed by atoms with Crippen LogP contribution in [0.2, 0.25) is 0 Å². The fourth-order valence-corrected chi connectivity index (χ4v) is 5.64. The van der Waals surface area contributed by atoms with Gasteiger partial charge in [0.05, 0.1) is 0 Å². The largest absolute Gasteiger partial charge is 0.103 e. The van der Waals surface area contributed by atoms with Crippen molar-refractivity contribution in [1.29, 1.82) is 0 Å².